The number of rotatable bonds is 4. The Hall–Kier alpha value is -2.32. The zero-order chi connectivity index (χ0) is 18.5. The summed E-state index contributed by atoms with van der Waals surface area (Å²) in [5.41, 5.74) is 1.55. The number of amides is 2. The van der Waals surface area contributed by atoms with Crippen molar-refractivity contribution in [2.24, 2.45) is 5.92 Å². The van der Waals surface area contributed by atoms with Crippen molar-refractivity contribution >= 4 is 40.8 Å². The Bertz CT molecular complexity index is 773. The Balaban J connectivity index is 1.44. The number of hydrogen-bond acceptors (Lipinski definition) is 5. The molecule has 2 heterocycles. The van der Waals surface area contributed by atoms with Crippen molar-refractivity contribution in [2.45, 2.75) is 12.8 Å². The lowest BCUT2D eigenvalue weighted by Gasteiger charge is -2.29. The number of nitrogens with one attached hydrogen (secondary N) is 1. The molecule has 1 fully saturated rings. The molecule has 3 rings (SSSR count). The molecule has 0 atom stereocenters. The topological polar surface area (TPSA) is 91.8 Å². The van der Waals surface area contributed by atoms with Gasteiger partial charge in [-0.05, 0) is 43.0 Å². The number of likely N-dealkylation sites (tertiary alicyclic amines) is 1. The van der Waals surface area contributed by atoms with Crippen molar-refractivity contribution < 1.29 is 19.4 Å². The lowest BCUT2D eigenvalue weighted by molar-refractivity contribution is 0.0948. The molecule has 1 aliphatic rings. The fraction of sp³-hybridized carbons (Fsp3) is 0.353. The number of aromatic nitrogens is 1. The van der Waals surface area contributed by atoms with E-state index in [2.05, 4.69) is 10.3 Å². The van der Waals surface area contributed by atoms with E-state index in [0.29, 0.717) is 36.8 Å². The van der Waals surface area contributed by atoms with Gasteiger partial charge in [-0.1, -0.05) is 11.6 Å². The van der Waals surface area contributed by atoms with Gasteiger partial charge in [-0.25, -0.2) is 14.6 Å². The van der Waals surface area contributed by atoms with Gasteiger partial charge in [0.15, 0.2) is 0 Å². The second-order valence-corrected chi connectivity index (χ2v) is 7.23. The van der Waals surface area contributed by atoms with Crippen molar-refractivity contribution in [3.05, 3.63) is 34.8 Å². The molecule has 0 spiro atoms. The molecule has 0 unspecified atom stereocenters. The highest BCUT2D eigenvalue weighted by Gasteiger charge is 2.23. The van der Waals surface area contributed by atoms with Crippen molar-refractivity contribution in [1.82, 2.24) is 9.88 Å². The maximum absolute atomic E-state index is 11.9. The Labute approximate surface area is 159 Å². The van der Waals surface area contributed by atoms with Crippen LogP contribution in [0.25, 0.3) is 10.6 Å². The molecule has 138 valence electrons. The first kappa shape index (κ1) is 18.5. The quantitative estimate of drug-likeness (QED) is 0.800. The van der Waals surface area contributed by atoms with E-state index in [1.54, 1.807) is 17.5 Å². The summed E-state index contributed by atoms with van der Waals surface area (Å²) in [5, 5.41) is 14.6. The zero-order valence-electron chi connectivity index (χ0n) is 13.9. The number of carbonyl (C=O) groups is 2. The normalized spacial score (nSPS) is 14.9. The van der Waals surface area contributed by atoms with E-state index in [9.17, 15) is 9.59 Å². The van der Waals surface area contributed by atoms with Crippen LogP contribution in [0, 0.1) is 5.92 Å². The molecule has 0 bridgehead atoms. The van der Waals surface area contributed by atoms with Crippen LogP contribution in [0.4, 0.5) is 15.3 Å². The van der Waals surface area contributed by atoms with E-state index < -0.39 is 12.2 Å². The van der Waals surface area contributed by atoms with Gasteiger partial charge >= 0.3 is 12.2 Å². The molecule has 0 aliphatic carbocycles. The summed E-state index contributed by atoms with van der Waals surface area (Å²) in [6, 6.07) is 7.26. The average Bonchev–Trinajstić information content (AvgIpc) is 3.07. The van der Waals surface area contributed by atoms with Crippen LogP contribution in [0.2, 0.25) is 5.15 Å². The Morgan fingerprint density at radius 3 is 2.58 bits per heavy atom. The highest BCUT2D eigenvalue weighted by atomic mass is 35.5. The lowest BCUT2D eigenvalue weighted by atomic mass is 9.98. The van der Waals surface area contributed by atoms with Gasteiger partial charge in [0.25, 0.3) is 0 Å². The summed E-state index contributed by atoms with van der Waals surface area (Å²) in [4.78, 5) is 28.4. The van der Waals surface area contributed by atoms with Gasteiger partial charge in [-0.15, -0.1) is 11.3 Å². The van der Waals surface area contributed by atoms with Crippen molar-refractivity contribution in [1.29, 1.82) is 0 Å². The molecule has 2 aromatic rings. The van der Waals surface area contributed by atoms with Gasteiger partial charge in [-0.2, -0.15) is 0 Å². The molecule has 2 N–H and O–H groups in total. The van der Waals surface area contributed by atoms with Crippen LogP contribution in [0.5, 0.6) is 0 Å². The van der Waals surface area contributed by atoms with Crippen LogP contribution in [0.1, 0.15) is 12.8 Å². The van der Waals surface area contributed by atoms with Crippen molar-refractivity contribution in [3.8, 4) is 10.6 Å². The fourth-order valence-electron chi connectivity index (χ4n) is 2.72. The van der Waals surface area contributed by atoms with Crippen LogP contribution in [-0.2, 0) is 4.74 Å². The standard InChI is InChI=1S/C17H18ClN3O4S/c18-14-10-26-15(20-14)12-1-3-13(4-2-12)19-16(22)25-9-11-5-7-21(8-6-11)17(23)24/h1-4,10-11H,5-9H2,(H,19,22)(H,23,24). The monoisotopic (exact) mass is 395 g/mol. The van der Waals surface area contributed by atoms with Crippen LogP contribution in [0.3, 0.4) is 0 Å². The largest absolute Gasteiger partial charge is 0.465 e. The molecule has 26 heavy (non-hydrogen) atoms. The van der Waals surface area contributed by atoms with Gasteiger partial charge in [0.05, 0.1) is 6.61 Å². The van der Waals surface area contributed by atoms with E-state index in [-0.39, 0.29) is 12.5 Å². The first-order valence-corrected chi connectivity index (χ1v) is 9.40. The minimum absolute atomic E-state index is 0.188. The van der Waals surface area contributed by atoms with Crippen LogP contribution < -0.4 is 5.32 Å². The van der Waals surface area contributed by atoms with Crippen LogP contribution >= 0.6 is 22.9 Å². The summed E-state index contributed by atoms with van der Waals surface area (Å²) in [6.45, 7) is 1.25. The van der Waals surface area contributed by atoms with Gasteiger partial charge in [0.1, 0.15) is 10.2 Å². The number of hydrogen-bond donors (Lipinski definition) is 2. The van der Waals surface area contributed by atoms with Gasteiger partial charge in [-0.3, -0.25) is 5.32 Å². The number of carbonyl (C=O) groups excluding carboxylic acids is 1. The van der Waals surface area contributed by atoms with Gasteiger partial charge in [0, 0.05) is 29.7 Å². The first-order valence-electron chi connectivity index (χ1n) is 8.14. The van der Waals surface area contributed by atoms with Crippen molar-refractivity contribution in [2.75, 3.05) is 25.0 Å². The molecule has 1 aromatic carbocycles. The second kappa shape index (κ2) is 8.37. The molecular weight excluding hydrogens is 378 g/mol. The van der Waals surface area contributed by atoms with E-state index >= 15 is 0 Å². The lowest BCUT2D eigenvalue weighted by Crippen LogP contribution is -2.38. The fourth-order valence-corrected chi connectivity index (χ4v) is 3.67. The number of nitrogens with zero attached hydrogens (tertiary/aromatic N) is 2. The minimum Gasteiger partial charge on any atom is -0.465 e. The van der Waals surface area contributed by atoms with E-state index in [4.69, 9.17) is 21.4 Å². The number of piperidine rings is 1. The zero-order valence-corrected chi connectivity index (χ0v) is 15.4. The van der Waals surface area contributed by atoms with Crippen molar-refractivity contribution in [3.63, 3.8) is 0 Å². The SMILES string of the molecule is O=C(Nc1ccc(-c2nc(Cl)cs2)cc1)OCC1CCN(C(=O)O)CC1. The summed E-state index contributed by atoms with van der Waals surface area (Å²) in [5.74, 6) is 0.188. The van der Waals surface area contributed by atoms with Crippen LogP contribution in [0.15, 0.2) is 29.6 Å². The molecule has 9 heteroatoms. The van der Waals surface area contributed by atoms with Gasteiger partial charge < -0.3 is 14.7 Å². The molecule has 1 aromatic heterocycles. The van der Waals surface area contributed by atoms with E-state index in [1.165, 1.54) is 16.2 Å². The third-order valence-corrected chi connectivity index (χ3v) is 5.40. The molecule has 0 saturated carbocycles. The second-order valence-electron chi connectivity index (χ2n) is 5.99. The molecule has 7 nitrogen and oxygen atoms in total. The third kappa shape index (κ3) is 4.86. The highest BCUT2D eigenvalue weighted by molar-refractivity contribution is 7.13. The maximum Gasteiger partial charge on any atom is 0.411 e. The number of ether oxygens (including phenoxy) is 1. The van der Waals surface area contributed by atoms with E-state index in [1.807, 2.05) is 12.1 Å². The molecule has 1 aliphatic heterocycles. The summed E-state index contributed by atoms with van der Waals surface area (Å²) in [6.07, 6.45) is -0.0174. The number of halogens is 1. The van der Waals surface area contributed by atoms with Crippen LogP contribution in [-0.4, -0.2) is 46.9 Å². The molecule has 1 saturated heterocycles. The highest BCUT2D eigenvalue weighted by Crippen LogP contribution is 2.26. The number of thiazole rings is 1. The Kier molecular flexibility index (Phi) is 5.95. The minimum atomic E-state index is -0.898. The number of anilines is 1. The summed E-state index contributed by atoms with van der Waals surface area (Å²) in [7, 11) is 0. The number of benzene rings is 1. The Morgan fingerprint density at radius 1 is 1.31 bits per heavy atom. The predicted octanol–water partition coefficient (Wildman–Crippen LogP) is 4.40. The maximum atomic E-state index is 11.9. The summed E-state index contributed by atoms with van der Waals surface area (Å²) < 4.78 is 5.26. The summed E-state index contributed by atoms with van der Waals surface area (Å²) >= 11 is 7.28. The average molecular weight is 396 g/mol. The molecule has 0 radical (unpaired) electrons. The Morgan fingerprint density at radius 2 is 2.00 bits per heavy atom. The van der Waals surface area contributed by atoms with E-state index in [0.717, 1.165) is 10.6 Å². The van der Waals surface area contributed by atoms with Gasteiger partial charge in [0.2, 0.25) is 0 Å². The number of carboxylic acid groups (broad SMARTS) is 1. The molecular formula is C17H18ClN3O4S. The predicted molar refractivity (Wildman–Crippen MR) is 99.9 cm³/mol. The first-order chi connectivity index (χ1) is 12.5. The smallest absolute Gasteiger partial charge is 0.411 e. The third-order valence-electron chi connectivity index (χ3n) is 4.19. The molecule has 2 amide bonds.